The molecule has 0 spiro atoms. The second-order valence-electron chi connectivity index (χ2n) is 3.34. The third-order valence-corrected chi connectivity index (χ3v) is 2.04. The summed E-state index contributed by atoms with van der Waals surface area (Å²) in [5, 5.41) is 10.5. The summed E-state index contributed by atoms with van der Waals surface area (Å²) < 4.78 is 4.74. The minimum atomic E-state index is -0.822. The summed E-state index contributed by atoms with van der Waals surface area (Å²) in [4.78, 5) is 24.7. The fraction of sp³-hybridized carbons (Fsp3) is 0.400. The number of aromatic nitrogens is 1. The summed E-state index contributed by atoms with van der Waals surface area (Å²) in [7, 11) is 0. The van der Waals surface area contributed by atoms with E-state index in [0.29, 0.717) is 5.56 Å². The predicted molar refractivity (Wildman–Crippen MR) is 59.2 cm³/mol. The maximum absolute atomic E-state index is 11.3. The lowest BCUT2D eigenvalue weighted by molar-refractivity contribution is -0.389. The first-order valence-corrected chi connectivity index (χ1v) is 5.06. The molecule has 92 valence electrons. The number of nitrogens with two attached hydrogens (primary N) is 1. The van der Waals surface area contributed by atoms with Gasteiger partial charge in [0.25, 0.3) is 0 Å². The average molecular weight is 239 g/mol. The van der Waals surface area contributed by atoms with Crippen LogP contribution in [0.4, 0.5) is 5.82 Å². The monoisotopic (exact) mass is 239 g/mol. The minimum Gasteiger partial charge on any atom is -0.465 e. The topological polar surface area (TPSA) is 108 Å². The Morgan fingerprint density at radius 1 is 1.71 bits per heavy atom. The lowest BCUT2D eigenvalue weighted by atomic mass is 10.1. The predicted octanol–water partition coefficient (Wildman–Crippen LogP) is 0.423. The maximum atomic E-state index is 11.3. The molecule has 0 aliphatic carbocycles. The summed E-state index contributed by atoms with van der Waals surface area (Å²) in [6.07, 6.45) is 1.49. The Morgan fingerprint density at radius 2 is 2.41 bits per heavy atom. The molecule has 7 nitrogen and oxygen atoms in total. The Kier molecular flexibility index (Phi) is 4.53. The highest BCUT2D eigenvalue weighted by atomic mass is 16.6. The van der Waals surface area contributed by atoms with Gasteiger partial charge in [0.15, 0.2) is 0 Å². The molecule has 2 N–H and O–H groups in total. The van der Waals surface area contributed by atoms with Crippen LogP contribution in [0.5, 0.6) is 0 Å². The van der Waals surface area contributed by atoms with Crippen LogP contribution in [-0.2, 0) is 16.0 Å². The number of hydrogen-bond acceptors (Lipinski definition) is 6. The summed E-state index contributed by atoms with van der Waals surface area (Å²) >= 11 is 0. The van der Waals surface area contributed by atoms with Crippen molar-refractivity contribution in [2.45, 2.75) is 19.4 Å². The Morgan fingerprint density at radius 3 is 3.00 bits per heavy atom. The fourth-order valence-corrected chi connectivity index (χ4v) is 1.27. The van der Waals surface area contributed by atoms with Crippen LogP contribution < -0.4 is 5.73 Å². The van der Waals surface area contributed by atoms with Gasteiger partial charge in [0, 0.05) is 6.07 Å². The normalized spacial score (nSPS) is 11.9. The quantitative estimate of drug-likeness (QED) is 0.453. The Labute approximate surface area is 97.7 Å². The first-order valence-electron chi connectivity index (χ1n) is 5.06. The number of nitrogens with zero attached hydrogens (tertiary/aromatic N) is 2. The van der Waals surface area contributed by atoms with Crippen molar-refractivity contribution in [3.63, 3.8) is 0 Å². The zero-order valence-electron chi connectivity index (χ0n) is 9.33. The molecule has 0 saturated carbocycles. The zero-order chi connectivity index (χ0) is 12.8. The first-order chi connectivity index (χ1) is 8.04. The van der Waals surface area contributed by atoms with Gasteiger partial charge in [-0.1, -0.05) is 0 Å². The standard InChI is InChI=1S/C10H13N3O4/c1-2-17-10(14)8(11)5-7-3-4-12-9(6-7)13(15)16/h3-4,6,8H,2,5,11H2,1H3. The molecule has 17 heavy (non-hydrogen) atoms. The van der Waals surface area contributed by atoms with Gasteiger partial charge in [0.1, 0.15) is 12.2 Å². The molecule has 0 aliphatic rings. The molecule has 1 aromatic rings. The molecular weight excluding hydrogens is 226 g/mol. The van der Waals surface area contributed by atoms with E-state index >= 15 is 0 Å². The van der Waals surface area contributed by atoms with E-state index in [1.54, 1.807) is 13.0 Å². The Bertz CT molecular complexity index is 422. The minimum absolute atomic E-state index is 0.183. The molecule has 0 bridgehead atoms. The maximum Gasteiger partial charge on any atom is 0.363 e. The molecule has 0 aromatic carbocycles. The summed E-state index contributed by atoms with van der Waals surface area (Å²) in [6.45, 7) is 1.94. The third-order valence-electron chi connectivity index (χ3n) is 2.04. The smallest absolute Gasteiger partial charge is 0.363 e. The van der Waals surface area contributed by atoms with E-state index < -0.39 is 16.9 Å². The van der Waals surface area contributed by atoms with E-state index in [-0.39, 0.29) is 18.8 Å². The number of nitro groups is 1. The highest BCUT2D eigenvalue weighted by molar-refractivity contribution is 5.75. The van der Waals surface area contributed by atoms with Crippen LogP contribution in [0, 0.1) is 10.1 Å². The van der Waals surface area contributed by atoms with Crippen molar-refractivity contribution in [1.82, 2.24) is 4.98 Å². The average Bonchev–Trinajstić information content (AvgIpc) is 2.29. The van der Waals surface area contributed by atoms with Gasteiger partial charge >= 0.3 is 11.8 Å². The zero-order valence-corrected chi connectivity index (χ0v) is 9.33. The number of pyridine rings is 1. The molecule has 1 rings (SSSR count). The van der Waals surface area contributed by atoms with Crippen LogP contribution in [-0.4, -0.2) is 28.5 Å². The van der Waals surface area contributed by atoms with E-state index in [1.165, 1.54) is 12.3 Å². The van der Waals surface area contributed by atoms with E-state index in [4.69, 9.17) is 10.5 Å². The number of carbonyl (C=O) groups excluding carboxylic acids is 1. The molecule has 1 atom stereocenters. The van der Waals surface area contributed by atoms with Crippen LogP contribution in [0.2, 0.25) is 0 Å². The van der Waals surface area contributed by atoms with E-state index in [0.717, 1.165) is 0 Å². The summed E-state index contributed by atoms with van der Waals surface area (Å²) in [6, 6.07) is 2.04. The van der Waals surface area contributed by atoms with Crippen molar-refractivity contribution >= 4 is 11.8 Å². The van der Waals surface area contributed by atoms with Crippen molar-refractivity contribution in [2.24, 2.45) is 5.73 Å². The molecule has 0 amide bonds. The van der Waals surface area contributed by atoms with Crippen molar-refractivity contribution < 1.29 is 14.5 Å². The summed E-state index contributed by atoms with van der Waals surface area (Å²) in [5.41, 5.74) is 6.17. The van der Waals surface area contributed by atoms with E-state index in [2.05, 4.69) is 4.98 Å². The molecule has 1 aromatic heterocycles. The lowest BCUT2D eigenvalue weighted by Crippen LogP contribution is -2.34. The van der Waals surface area contributed by atoms with Gasteiger partial charge in [-0.15, -0.1) is 0 Å². The van der Waals surface area contributed by atoms with Crippen molar-refractivity contribution in [3.05, 3.63) is 34.0 Å². The number of carbonyl (C=O) groups is 1. The van der Waals surface area contributed by atoms with Crippen molar-refractivity contribution in [3.8, 4) is 0 Å². The molecular formula is C10H13N3O4. The van der Waals surface area contributed by atoms with Crippen LogP contribution in [0.15, 0.2) is 18.3 Å². The third kappa shape index (κ3) is 3.80. The molecule has 0 aliphatic heterocycles. The lowest BCUT2D eigenvalue weighted by Gasteiger charge is -2.09. The van der Waals surface area contributed by atoms with Gasteiger partial charge in [-0.2, -0.15) is 0 Å². The van der Waals surface area contributed by atoms with Crippen LogP contribution in [0.1, 0.15) is 12.5 Å². The van der Waals surface area contributed by atoms with Gasteiger partial charge in [-0.05, 0) is 34.9 Å². The highest BCUT2D eigenvalue weighted by Crippen LogP contribution is 2.10. The van der Waals surface area contributed by atoms with Crippen LogP contribution in [0.25, 0.3) is 0 Å². The molecule has 0 fully saturated rings. The largest absolute Gasteiger partial charge is 0.465 e. The number of ether oxygens (including phenoxy) is 1. The van der Waals surface area contributed by atoms with Crippen molar-refractivity contribution in [2.75, 3.05) is 6.61 Å². The number of rotatable bonds is 5. The fourth-order valence-electron chi connectivity index (χ4n) is 1.27. The van der Waals surface area contributed by atoms with Gasteiger partial charge in [0.05, 0.1) is 6.61 Å². The van der Waals surface area contributed by atoms with Gasteiger partial charge in [-0.25, -0.2) is 0 Å². The summed E-state index contributed by atoms with van der Waals surface area (Å²) in [5.74, 6) is -0.787. The Hall–Kier alpha value is -2.02. The van der Waals surface area contributed by atoms with E-state index in [1.807, 2.05) is 0 Å². The molecule has 1 unspecified atom stereocenters. The Balaban J connectivity index is 2.71. The molecule has 7 heteroatoms. The SMILES string of the molecule is CCOC(=O)C(N)Cc1ccnc([N+](=O)[O-])c1. The number of esters is 1. The van der Waals surface area contributed by atoms with E-state index in [9.17, 15) is 14.9 Å². The van der Waals surface area contributed by atoms with Crippen LogP contribution >= 0.6 is 0 Å². The second-order valence-corrected chi connectivity index (χ2v) is 3.34. The molecule has 0 radical (unpaired) electrons. The molecule has 0 saturated heterocycles. The first kappa shape index (κ1) is 13.0. The van der Waals surface area contributed by atoms with Gasteiger partial charge in [0.2, 0.25) is 0 Å². The van der Waals surface area contributed by atoms with Gasteiger partial charge in [-0.3, -0.25) is 4.79 Å². The highest BCUT2D eigenvalue weighted by Gasteiger charge is 2.17. The van der Waals surface area contributed by atoms with Gasteiger partial charge < -0.3 is 20.6 Å². The number of hydrogen-bond donors (Lipinski definition) is 1. The second kappa shape index (κ2) is 5.90. The van der Waals surface area contributed by atoms with Crippen LogP contribution in [0.3, 0.4) is 0 Å². The van der Waals surface area contributed by atoms with Crippen molar-refractivity contribution in [1.29, 1.82) is 0 Å². The molecule has 1 heterocycles.